The number of halogens is 1. The smallest absolute Gasteiger partial charge is 0.124 e. The molecule has 2 nitrogen and oxygen atoms in total. The van der Waals surface area contributed by atoms with Crippen molar-refractivity contribution in [2.45, 2.75) is 19.9 Å². The molecule has 0 radical (unpaired) electrons. The van der Waals surface area contributed by atoms with Crippen molar-refractivity contribution in [3.8, 4) is 5.75 Å². The Labute approximate surface area is 100 Å². The van der Waals surface area contributed by atoms with Crippen molar-refractivity contribution in [2.24, 2.45) is 5.73 Å². The van der Waals surface area contributed by atoms with Gasteiger partial charge in [0.15, 0.2) is 0 Å². The molecule has 0 bridgehead atoms. The summed E-state index contributed by atoms with van der Waals surface area (Å²) >= 11 is 1.81. The van der Waals surface area contributed by atoms with Crippen LogP contribution in [0.2, 0.25) is 0 Å². The van der Waals surface area contributed by atoms with Gasteiger partial charge in [-0.05, 0) is 30.9 Å². The molecule has 0 heterocycles. The van der Waals surface area contributed by atoms with E-state index in [9.17, 15) is 4.39 Å². The Hall–Kier alpha value is -0.740. The van der Waals surface area contributed by atoms with Crippen LogP contribution in [0.5, 0.6) is 5.75 Å². The zero-order valence-electron chi connectivity index (χ0n) is 9.70. The molecular formula is C12H18FNOS. The molecule has 90 valence electrons. The molecule has 0 unspecified atom stereocenters. The van der Waals surface area contributed by atoms with E-state index in [1.165, 1.54) is 12.1 Å². The summed E-state index contributed by atoms with van der Waals surface area (Å²) in [5.74, 6) is 2.43. The van der Waals surface area contributed by atoms with E-state index in [1.807, 2.05) is 18.7 Å². The van der Waals surface area contributed by atoms with Crippen LogP contribution in [0.3, 0.4) is 0 Å². The molecule has 2 N–H and O–H groups in total. The first-order chi connectivity index (χ1) is 7.65. The molecule has 0 aliphatic heterocycles. The number of benzene rings is 1. The summed E-state index contributed by atoms with van der Waals surface area (Å²) < 4.78 is 18.6. The van der Waals surface area contributed by atoms with Gasteiger partial charge in [0, 0.05) is 17.4 Å². The zero-order chi connectivity index (χ0) is 12.0. The van der Waals surface area contributed by atoms with E-state index < -0.39 is 0 Å². The molecule has 0 amide bonds. The third kappa shape index (κ3) is 4.02. The number of nitrogens with two attached hydrogens (primary N) is 1. The second kappa shape index (κ2) is 6.76. The number of hydrogen-bond donors (Lipinski definition) is 1. The van der Waals surface area contributed by atoms with Crippen LogP contribution in [-0.2, 0) is 0 Å². The van der Waals surface area contributed by atoms with E-state index in [4.69, 9.17) is 10.5 Å². The number of hydrogen-bond acceptors (Lipinski definition) is 3. The maximum absolute atomic E-state index is 13.0. The summed E-state index contributed by atoms with van der Waals surface area (Å²) in [6, 6.07) is 4.26. The minimum Gasteiger partial charge on any atom is -0.492 e. The molecule has 0 fully saturated rings. The molecule has 1 aromatic carbocycles. The number of ether oxygens (including phenoxy) is 1. The van der Waals surface area contributed by atoms with Gasteiger partial charge in [-0.3, -0.25) is 0 Å². The first-order valence-corrected chi connectivity index (χ1v) is 6.56. The van der Waals surface area contributed by atoms with Gasteiger partial charge in [0.2, 0.25) is 0 Å². The second-order valence-electron chi connectivity index (χ2n) is 3.52. The summed E-state index contributed by atoms with van der Waals surface area (Å²) in [6.45, 7) is 4.56. The Kier molecular flexibility index (Phi) is 5.63. The van der Waals surface area contributed by atoms with Crippen LogP contribution >= 0.6 is 11.8 Å². The Morgan fingerprint density at radius 2 is 2.25 bits per heavy atom. The Morgan fingerprint density at radius 1 is 1.50 bits per heavy atom. The predicted molar refractivity (Wildman–Crippen MR) is 67.5 cm³/mol. The Balaban J connectivity index is 2.64. The van der Waals surface area contributed by atoms with Gasteiger partial charge in [-0.15, -0.1) is 0 Å². The molecule has 0 saturated carbocycles. The van der Waals surface area contributed by atoms with Gasteiger partial charge in [0.1, 0.15) is 11.6 Å². The predicted octanol–water partition coefficient (Wildman–Crippen LogP) is 2.98. The van der Waals surface area contributed by atoms with E-state index >= 15 is 0 Å². The Morgan fingerprint density at radius 3 is 2.88 bits per heavy atom. The molecule has 0 spiro atoms. The van der Waals surface area contributed by atoms with Gasteiger partial charge in [-0.25, -0.2) is 4.39 Å². The quantitative estimate of drug-likeness (QED) is 0.780. The molecule has 1 atom stereocenters. The van der Waals surface area contributed by atoms with Gasteiger partial charge in [0.05, 0.1) is 6.61 Å². The van der Waals surface area contributed by atoms with E-state index in [1.54, 1.807) is 6.07 Å². The standard InChI is InChI=1S/C12H18FNOS/c1-3-16-7-6-15-12-5-4-10(13)8-11(12)9(2)14/h4-5,8-9H,3,6-7,14H2,1-2H3/t9-/m1/s1. The van der Waals surface area contributed by atoms with Crippen molar-refractivity contribution in [3.05, 3.63) is 29.6 Å². The van der Waals surface area contributed by atoms with Crippen LogP contribution in [0.25, 0.3) is 0 Å². The fraction of sp³-hybridized carbons (Fsp3) is 0.500. The van der Waals surface area contributed by atoms with Crippen LogP contribution in [0, 0.1) is 5.82 Å². The van der Waals surface area contributed by atoms with Crippen molar-refractivity contribution >= 4 is 11.8 Å². The van der Waals surface area contributed by atoms with Crippen molar-refractivity contribution in [3.63, 3.8) is 0 Å². The highest BCUT2D eigenvalue weighted by Gasteiger charge is 2.09. The topological polar surface area (TPSA) is 35.2 Å². The monoisotopic (exact) mass is 243 g/mol. The minimum absolute atomic E-state index is 0.218. The fourth-order valence-corrected chi connectivity index (χ4v) is 1.85. The third-order valence-corrected chi connectivity index (χ3v) is 3.02. The summed E-state index contributed by atoms with van der Waals surface area (Å²) in [5.41, 5.74) is 6.49. The van der Waals surface area contributed by atoms with E-state index in [0.29, 0.717) is 12.4 Å². The Bertz CT molecular complexity index is 331. The van der Waals surface area contributed by atoms with Crippen molar-refractivity contribution in [1.29, 1.82) is 0 Å². The molecule has 1 aromatic rings. The molecule has 4 heteroatoms. The average Bonchev–Trinajstić information content (AvgIpc) is 2.26. The summed E-state index contributed by atoms with van der Waals surface area (Å²) in [4.78, 5) is 0. The number of thioether (sulfide) groups is 1. The maximum Gasteiger partial charge on any atom is 0.124 e. The van der Waals surface area contributed by atoms with Crippen molar-refractivity contribution in [2.75, 3.05) is 18.1 Å². The largest absolute Gasteiger partial charge is 0.492 e. The fourth-order valence-electron chi connectivity index (χ4n) is 1.36. The molecule has 0 aromatic heterocycles. The molecule has 0 saturated heterocycles. The average molecular weight is 243 g/mol. The van der Waals surface area contributed by atoms with Crippen LogP contribution < -0.4 is 10.5 Å². The van der Waals surface area contributed by atoms with E-state index in [-0.39, 0.29) is 11.9 Å². The molecule has 1 rings (SSSR count). The van der Waals surface area contributed by atoms with Crippen LogP contribution in [0.1, 0.15) is 25.5 Å². The molecular weight excluding hydrogens is 225 g/mol. The van der Waals surface area contributed by atoms with Crippen molar-refractivity contribution < 1.29 is 9.13 Å². The second-order valence-corrected chi connectivity index (χ2v) is 4.91. The first kappa shape index (κ1) is 13.3. The van der Waals surface area contributed by atoms with Crippen molar-refractivity contribution in [1.82, 2.24) is 0 Å². The molecule has 0 aliphatic carbocycles. The zero-order valence-corrected chi connectivity index (χ0v) is 10.5. The summed E-state index contributed by atoms with van der Waals surface area (Å²) in [5, 5.41) is 0. The van der Waals surface area contributed by atoms with E-state index in [0.717, 1.165) is 17.1 Å². The number of rotatable bonds is 6. The van der Waals surface area contributed by atoms with Crippen LogP contribution in [-0.4, -0.2) is 18.1 Å². The normalized spacial score (nSPS) is 12.5. The first-order valence-electron chi connectivity index (χ1n) is 5.40. The van der Waals surface area contributed by atoms with E-state index in [2.05, 4.69) is 6.92 Å². The van der Waals surface area contributed by atoms with Gasteiger partial charge < -0.3 is 10.5 Å². The van der Waals surface area contributed by atoms with Gasteiger partial charge >= 0.3 is 0 Å². The lowest BCUT2D eigenvalue weighted by Gasteiger charge is -2.13. The van der Waals surface area contributed by atoms with Gasteiger partial charge in [-0.2, -0.15) is 11.8 Å². The maximum atomic E-state index is 13.0. The lowest BCUT2D eigenvalue weighted by Crippen LogP contribution is -2.10. The van der Waals surface area contributed by atoms with Gasteiger partial charge in [-0.1, -0.05) is 6.92 Å². The lowest BCUT2D eigenvalue weighted by molar-refractivity contribution is 0.337. The highest BCUT2D eigenvalue weighted by Crippen LogP contribution is 2.24. The molecule has 0 aliphatic rings. The SMILES string of the molecule is CCSCCOc1ccc(F)cc1[C@@H](C)N. The third-order valence-electron chi connectivity index (χ3n) is 2.15. The minimum atomic E-state index is -0.275. The summed E-state index contributed by atoms with van der Waals surface area (Å²) in [7, 11) is 0. The highest BCUT2D eigenvalue weighted by molar-refractivity contribution is 7.99. The van der Waals surface area contributed by atoms with Gasteiger partial charge in [0.25, 0.3) is 0 Å². The van der Waals surface area contributed by atoms with Crippen LogP contribution in [0.15, 0.2) is 18.2 Å². The molecule has 16 heavy (non-hydrogen) atoms. The summed E-state index contributed by atoms with van der Waals surface area (Å²) in [6.07, 6.45) is 0. The van der Waals surface area contributed by atoms with Crippen LogP contribution in [0.4, 0.5) is 4.39 Å². The lowest BCUT2D eigenvalue weighted by atomic mass is 10.1. The highest BCUT2D eigenvalue weighted by atomic mass is 32.2.